The molecule has 0 aromatic heterocycles. The minimum atomic E-state index is 0.234. The lowest BCUT2D eigenvalue weighted by Gasteiger charge is -2.20. The minimum Gasteiger partial charge on any atom is -0.331 e. The highest BCUT2D eigenvalue weighted by molar-refractivity contribution is 5.80. The number of hydrogen-bond acceptors (Lipinski definition) is 2. The molecule has 2 heteroatoms. The summed E-state index contributed by atoms with van der Waals surface area (Å²) in [6.45, 7) is 8.63. The minimum absolute atomic E-state index is 0.234. The van der Waals surface area contributed by atoms with Crippen molar-refractivity contribution in [3.05, 3.63) is 29.8 Å². The highest BCUT2D eigenvalue weighted by Gasteiger charge is 2.14. The molecule has 0 fully saturated rings. The fourth-order valence-electron chi connectivity index (χ4n) is 1.73. The highest BCUT2D eigenvalue weighted by Crippen LogP contribution is 2.24. The molecule has 0 saturated heterocycles. The number of benzene rings is 1. The Kier molecular flexibility index (Phi) is 2.51. The van der Waals surface area contributed by atoms with Crippen molar-refractivity contribution < 1.29 is 0 Å². The lowest BCUT2D eigenvalue weighted by Crippen LogP contribution is -2.18. The summed E-state index contributed by atoms with van der Waals surface area (Å²) < 4.78 is 0. The van der Waals surface area contributed by atoms with Gasteiger partial charge in [-0.3, -0.25) is 4.99 Å². The molecule has 0 saturated carbocycles. The molecule has 1 heterocycles. The summed E-state index contributed by atoms with van der Waals surface area (Å²) in [5, 5.41) is 0. The SMILES string of the molecule is CC(C)(C)c1ccc(N2C=NCC2)cc1. The van der Waals surface area contributed by atoms with Gasteiger partial charge >= 0.3 is 0 Å². The van der Waals surface area contributed by atoms with Crippen LogP contribution in [0.4, 0.5) is 5.69 Å². The molecule has 1 aliphatic rings. The molecule has 0 spiro atoms. The van der Waals surface area contributed by atoms with Crippen molar-refractivity contribution >= 4 is 12.0 Å². The first-order valence-electron chi connectivity index (χ1n) is 5.44. The Morgan fingerprint density at radius 1 is 1.13 bits per heavy atom. The van der Waals surface area contributed by atoms with Crippen molar-refractivity contribution in [1.82, 2.24) is 0 Å². The third-order valence-corrected chi connectivity index (χ3v) is 2.76. The summed E-state index contributed by atoms with van der Waals surface area (Å²) in [5.74, 6) is 0. The molecular weight excluding hydrogens is 184 g/mol. The van der Waals surface area contributed by atoms with Crippen LogP contribution in [-0.4, -0.2) is 19.4 Å². The van der Waals surface area contributed by atoms with Crippen molar-refractivity contribution in [2.24, 2.45) is 4.99 Å². The molecule has 2 nitrogen and oxygen atoms in total. The molecule has 0 radical (unpaired) electrons. The summed E-state index contributed by atoms with van der Waals surface area (Å²) in [5.41, 5.74) is 2.85. The third-order valence-electron chi connectivity index (χ3n) is 2.76. The smallest absolute Gasteiger partial charge is 0.0895 e. The summed E-state index contributed by atoms with van der Waals surface area (Å²) in [4.78, 5) is 6.40. The Hall–Kier alpha value is -1.31. The van der Waals surface area contributed by atoms with Crippen LogP contribution in [0, 0.1) is 0 Å². The van der Waals surface area contributed by atoms with Crippen molar-refractivity contribution in [2.75, 3.05) is 18.0 Å². The Bertz CT molecular complexity index is 357. The molecular formula is C13H18N2. The van der Waals surface area contributed by atoms with E-state index >= 15 is 0 Å². The van der Waals surface area contributed by atoms with E-state index in [0.717, 1.165) is 13.1 Å². The molecule has 0 amide bonds. The van der Waals surface area contributed by atoms with Crippen LogP contribution < -0.4 is 4.90 Å². The van der Waals surface area contributed by atoms with Gasteiger partial charge in [-0.15, -0.1) is 0 Å². The van der Waals surface area contributed by atoms with Crippen molar-refractivity contribution in [3.63, 3.8) is 0 Å². The molecule has 2 rings (SSSR count). The van der Waals surface area contributed by atoms with Crippen molar-refractivity contribution in [3.8, 4) is 0 Å². The Morgan fingerprint density at radius 3 is 2.27 bits per heavy atom. The van der Waals surface area contributed by atoms with Gasteiger partial charge in [-0.2, -0.15) is 0 Å². The van der Waals surface area contributed by atoms with Crippen LogP contribution >= 0.6 is 0 Å². The van der Waals surface area contributed by atoms with E-state index < -0.39 is 0 Å². The van der Waals surface area contributed by atoms with E-state index in [0.29, 0.717) is 0 Å². The predicted molar refractivity (Wildman–Crippen MR) is 65.8 cm³/mol. The second kappa shape index (κ2) is 3.69. The Morgan fingerprint density at radius 2 is 1.80 bits per heavy atom. The van der Waals surface area contributed by atoms with Gasteiger partial charge in [-0.25, -0.2) is 0 Å². The summed E-state index contributed by atoms with van der Waals surface area (Å²) >= 11 is 0. The summed E-state index contributed by atoms with van der Waals surface area (Å²) in [7, 11) is 0. The topological polar surface area (TPSA) is 15.6 Å². The number of rotatable bonds is 1. The molecule has 0 aliphatic carbocycles. The molecule has 0 unspecified atom stereocenters. The van der Waals surface area contributed by atoms with Crippen LogP contribution in [0.15, 0.2) is 29.3 Å². The lowest BCUT2D eigenvalue weighted by molar-refractivity contribution is 0.590. The van der Waals surface area contributed by atoms with Crippen LogP contribution in [-0.2, 0) is 5.41 Å². The molecule has 0 atom stereocenters. The number of anilines is 1. The van der Waals surface area contributed by atoms with Crippen LogP contribution in [0.3, 0.4) is 0 Å². The zero-order chi connectivity index (χ0) is 10.9. The van der Waals surface area contributed by atoms with Gasteiger partial charge in [-0.05, 0) is 23.1 Å². The average molecular weight is 202 g/mol. The molecule has 15 heavy (non-hydrogen) atoms. The number of aliphatic imine (C=N–C) groups is 1. The average Bonchev–Trinajstić information content (AvgIpc) is 2.69. The molecule has 1 aromatic rings. The zero-order valence-corrected chi connectivity index (χ0v) is 9.70. The van der Waals surface area contributed by atoms with E-state index in [1.165, 1.54) is 11.3 Å². The van der Waals surface area contributed by atoms with E-state index in [2.05, 4.69) is 54.9 Å². The van der Waals surface area contributed by atoms with Crippen molar-refractivity contribution in [2.45, 2.75) is 26.2 Å². The van der Waals surface area contributed by atoms with E-state index in [-0.39, 0.29) is 5.41 Å². The van der Waals surface area contributed by atoms with Gasteiger partial charge in [0.2, 0.25) is 0 Å². The largest absolute Gasteiger partial charge is 0.331 e. The molecule has 0 N–H and O–H groups in total. The maximum absolute atomic E-state index is 4.21. The lowest BCUT2D eigenvalue weighted by atomic mass is 9.87. The highest BCUT2D eigenvalue weighted by atomic mass is 15.2. The monoisotopic (exact) mass is 202 g/mol. The number of nitrogens with zero attached hydrogens (tertiary/aromatic N) is 2. The first-order chi connectivity index (χ1) is 7.07. The van der Waals surface area contributed by atoms with Gasteiger partial charge in [-0.1, -0.05) is 32.9 Å². The standard InChI is InChI=1S/C13H18N2/c1-13(2,3)11-4-6-12(7-5-11)15-9-8-14-10-15/h4-7,10H,8-9H2,1-3H3. The Labute approximate surface area is 91.6 Å². The van der Waals surface area contributed by atoms with Crippen LogP contribution in [0.2, 0.25) is 0 Å². The normalized spacial score (nSPS) is 16.1. The Balaban J connectivity index is 2.20. The van der Waals surface area contributed by atoms with E-state index in [9.17, 15) is 0 Å². The third kappa shape index (κ3) is 2.20. The van der Waals surface area contributed by atoms with Gasteiger partial charge in [0, 0.05) is 12.2 Å². The number of hydrogen-bond donors (Lipinski definition) is 0. The van der Waals surface area contributed by atoms with Crippen LogP contribution in [0.5, 0.6) is 0 Å². The van der Waals surface area contributed by atoms with Gasteiger partial charge in [0.25, 0.3) is 0 Å². The summed E-state index contributed by atoms with van der Waals surface area (Å²) in [6, 6.07) is 8.78. The van der Waals surface area contributed by atoms with Crippen LogP contribution in [0.1, 0.15) is 26.3 Å². The molecule has 1 aliphatic heterocycles. The predicted octanol–water partition coefficient (Wildman–Crippen LogP) is 2.83. The fraction of sp³-hybridized carbons (Fsp3) is 0.462. The van der Waals surface area contributed by atoms with E-state index in [1.54, 1.807) is 0 Å². The maximum atomic E-state index is 4.21. The van der Waals surface area contributed by atoms with Crippen molar-refractivity contribution in [1.29, 1.82) is 0 Å². The van der Waals surface area contributed by atoms with Gasteiger partial charge in [0.1, 0.15) is 0 Å². The molecule has 1 aromatic carbocycles. The maximum Gasteiger partial charge on any atom is 0.0895 e. The fourth-order valence-corrected chi connectivity index (χ4v) is 1.73. The first kappa shape index (κ1) is 10.2. The molecule has 80 valence electrons. The first-order valence-corrected chi connectivity index (χ1v) is 5.44. The second-order valence-corrected chi connectivity index (χ2v) is 5.01. The van der Waals surface area contributed by atoms with Gasteiger partial charge in [0.05, 0.1) is 12.9 Å². The zero-order valence-electron chi connectivity index (χ0n) is 9.70. The molecule has 0 bridgehead atoms. The summed E-state index contributed by atoms with van der Waals surface area (Å²) in [6.07, 6.45) is 1.92. The van der Waals surface area contributed by atoms with Gasteiger partial charge in [0.15, 0.2) is 0 Å². The van der Waals surface area contributed by atoms with E-state index in [1.807, 2.05) is 6.34 Å². The quantitative estimate of drug-likeness (QED) is 0.683. The van der Waals surface area contributed by atoms with E-state index in [4.69, 9.17) is 0 Å². The van der Waals surface area contributed by atoms with Gasteiger partial charge < -0.3 is 4.90 Å². The van der Waals surface area contributed by atoms with Crippen LogP contribution in [0.25, 0.3) is 0 Å². The second-order valence-electron chi connectivity index (χ2n) is 5.01.